The third-order valence-electron chi connectivity index (χ3n) is 4.14. The molecule has 1 heterocycles. The van der Waals surface area contributed by atoms with Crippen molar-refractivity contribution in [2.24, 2.45) is 0 Å². The molecule has 0 aliphatic rings. The standard InChI is InChI=1S/C22H21N3O3/c1-28-19-10-8-18(9-11-19)20-15-22(27)25(16-24-20)14-13-23-21(26)12-7-17-5-3-2-4-6-17/h2-12,15-16H,13-14H2,1H3,(H,23,26)/b12-7+. The minimum absolute atomic E-state index is 0.171. The minimum Gasteiger partial charge on any atom is -0.497 e. The fourth-order valence-corrected chi connectivity index (χ4v) is 2.61. The maximum Gasteiger partial charge on any atom is 0.253 e. The lowest BCUT2D eigenvalue weighted by Crippen LogP contribution is -2.29. The fraction of sp³-hybridized carbons (Fsp3) is 0.136. The van der Waals surface area contributed by atoms with E-state index in [9.17, 15) is 9.59 Å². The van der Waals surface area contributed by atoms with Gasteiger partial charge < -0.3 is 10.1 Å². The van der Waals surface area contributed by atoms with E-state index in [4.69, 9.17) is 4.74 Å². The van der Waals surface area contributed by atoms with Gasteiger partial charge in [-0.25, -0.2) is 4.98 Å². The smallest absolute Gasteiger partial charge is 0.253 e. The van der Waals surface area contributed by atoms with Gasteiger partial charge in [-0.3, -0.25) is 14.2 Å². The second-order valence-electron chi connectivity index (χ2n) is 6.07. The highest BCUT2D eigenvalue weighted by Gasteiger charge is 2.04. The number of nitrogens with zero attached hydrogens (tertiary/aromatic N) is 2. The van der Waals surface area contributed by atoms with Crippen LogP contribution in [0, 0.1) is 0 Å². The molecule has 0 aliphatic heterocycles. The Morgan fingerprint density at radius 2 is 1.89 bits per heavy atom. The Morgan fingerprint density at radius 3 is 2.57 bits per heavy atom. The van der Waals surface area contributed by atoms with E-state index in [2.05, 4.69) is 10.3 Å². The molecule has 0 saturated heterocycles. The van der Waals surface area contributed by atoms with Crippen LogP contribution in [-0.4, -0.2) is 29.1 Å². The second-order valence-corrected chi connectivity index (χ2v) is 6.07. The van der Waals surface area contributed by atoms with E-state index in [0.717, 1.165) is 16.9 Å². The predicted octanol–water partition coefficient (Wildman–Crippen LogP) is 2.75. The number of amides is 1. The number of carbonyl (C=O) groups is 1. The number of methoxy groups -OCH3 is 1. The highest BCUT2D eigenvalue weighted by Crippen LogP contribution is 2.19. The van der Waals surface area contributed by atoms with Crippen LogP contribution in [0.1, 0.15) is 5.56 Å². The second kappa shape index (κ2) is 9.32. The van der Waals surface area contributed by atoms with Gasteiger partial charge in [-0.1, -0.05) is 30.3 Å². The molecule has 0 unspecified atom stereocenters. The lowest BCUT2D eigenvalue weighted by molar-refractivity contribution is -0.116. The average molecular weight is 375 g/mol. The van der Waals surface area contributed by atoms with Crippen molar-refractivity contribution in [3.63, 3.8) is 0 Å². The largest absolute Gasteiger partial charge is 0.497 e. The SMILES string of the molecule is COc1ccc(-c2cc(=O)n(CCNC(=O)/C=C/c3ccccc3)cn2)cc1. The van der Waals surface area contributed by atoms with Crippen LogP contribution in [0.3, 0.4) is 0 Å². The van der Waals surface area contributed by atoms with Gasteiger partial charge in [0.1, 0.15) is 5.75 Å². The van der Waals surface area contributed by atoms with Crippen LogP contribution >= 0.6 is 0 Å². The Labute approximate surface area is 163 Å². The van der Waals surface area contributed by atoms with Crippen LogP contribution in [0.2, 0.25) is 0 Å². The Bertz CT molecular complexity index is 1010. The van der Waals surface area contributed by atoms with Crippen molar-refractivity contribution in [2.45, 2.75) is 6.54 Å². The number of carbonyl (C=O) groups excluding carboxylic acids is 1. The first-order chi connectivity index (χ1) is 13.7. The topological polar surface area (TPSA) is 73.2 Å². The molecule has 28 heavy (non-hydrogen) atoms. The molecule has 1 aromatic heterocycles. The molecule has 0 saturated carbocycles. The summed E-state index contributed by atoms with van der Waals surface area (Å²) in [4.78, 5) is 28.5. The van der Waals surface area contributed by atoms with Crippen molar-refractivity contribution in [3.8, 4) is 17.0 Å². The molecule has 3 rings (SSSR count). The molecule has 0 spiro atoms. The molecule has 6 nitrogen and oxygen atoms in total. The van der Waals surface area contributed by atoms with Crippen LogP contribution in [0.15, 0.2) is 77.9 Å². The highest BCUT2D eigenvalue weighted by atomic mass is 16.5. The van der Waals surface area contributed by atoms with Gasteiger partial charge in [0.25, 0.3) is 5.56 Å². The first kappa shape index (κ1) is 19.1. The molecule has 0 aliphatic carbocycles. The van der Waals surface area contributed by atoms with Crippen LogP contribution in [-0.2, 0) is 11.3 Å². The van der Waals surface area contributed by atoms with E-state index >= 15 is 0 Å². The first-order valence-electron chi connectivity index (χ1n) is 8.87. The zero-order valence-corrected chi connectivity index (χ0v) is 15.5. The monoisotopic (exact) mass is 375 g/mol. The number of nitrogens with one attached hydrogen (secondary N) is 1. The summed E-state index contributed by atoms with van der Waals surface area (Å²) in [5.74, 6) is 0.536. The summed E-state index contributed by atoms with van der Waals surface area (Å²) in [7, 11) is 1.60. The van der Waals surface area contributed by atoms with E-state index in [1.165, 1.54) is 23.0 Å². The third kappa shape index (κ3) is 5.17. The van der Waals surface area contributed by atoms with Gasteiger partial charge in [0.05, 0.1) is 19.1 Å². The van der Waals surface area contributed by atoms with Crippen LogP contribution in [0.4, 0.5) is 0 Å². The van der Waals surface area contributed by atoms with Crippen molar-refractivity contribution >= 4 is 12.0 Å². The summed E-state index contributed by atoms with van der Waals surface area (Å²) in [5, 5.41) is 2.76. The molecule has 2 aromatic carbocycles. The number of hydrogen-bond acceptors (Lipinski definition) is 4. The Morgan fingerprint density at radius 1 is 1.14 bits per heavy atom. The Kier molecular flexibility index (Phi) is 6.36. The molecule has 6 heteroatoms. The van der Waals surface area contributed by atoms with Gasteiger partial charge in [0.15, 0.2) is 0 Å². The zero-order chi connectivity index (χ0) is 19.8. The van der Waals surface area contributed by atoms with E-state index in [1.807, 2.05) is 54.6 Å². The molecule has 142 valence electrons. The van der Waals surface area contributed by atoms with Crippen LogP contribution in [0.5, 0.6) is 5.75 Å². The van der Waals surface area contributed by atoms with E-state index in [-0.39, 0.29) is 11.5 Å². The lowest BCUT2D eigenvalue weighted by atomic mass is 10.1. The average Bonchev–Trinajstić information content (AvgIpc) is 2.74. The third-order valence-corrected chi connectivity index (χ3v) is 4.14. The molecule has 1 N–H and O–H groups in total. The summed E-state index contributed by atoms with van der Waals surface area (Å²) in [6, 6.07) is 18.4. The Balaban J connectivity index is 1.55. The minimum atomic E-state index is -0.209. The molecule has 0 atom stereocenters. The van der Waals surface area contributed by atoms with E-state index in [1.54, 1.807) is 13.2 Å². The molecular formula is C22H21N3O3. The van der Waals surface area contributed by atoms with Crippen LogP contribution < -0.4 is 15.6 Å². The molecule has 0 radical (unpaired) electrons. The van der Waals surface area contributed by atoms with Gasteiger partial charge in [0, 0.05) is 30.8 Å². The first-order valence-corrected chi connectivity index (χ1v) is 8.87. The van der Waals surface area contributed by atoms with Crippen molar-refractivity contribution in [1.82, 2.24) is 14.9 Å². The normalized spacial score (nSPS) is 10.8. The number of aromatic nitrogens is 2. The summed E-state index contributed by atoms with van der Waals surface area (Å²) in [5.41, 5.74) is 2.21. The number of hydrogen-bond donors (Lipinski definition) is 1. The Hall–Kier alpha value is -3.67. The lowest BCUT2D eigenvalue weighted by Gasteiger charge is -2.07. The molecule has 1 amide bonds. The van der Waals surface area contributed by atoms with Crippen molar-refractivity contribution in [3.05, 3.63) is 89.0 Å². The van der Waals surface area contributed by atoms with E-state index in [0.29, 0.717) is 18.8 Å². The van der Waals surface area contributed by atoms with Crippen LogP contribution in [0.25, 0.3) is 17.3 Å². The number of benzene rings is 2. The number of rotatable bonds is 7. The van der Waals surface area contributed by atoms with Gasteiger partial charge in [0.2, 0.25) is 5.91 Å². The maximum atomic E-state index is 12.3. The van der Waals surface area contributed by atoms with Crippen molar-refractivity contribution in [2.75, 3.05) is 13.7 Å². The molecule has 0 fully saturated rings. The summed E-state index contributed by atoms with van der Waals surface area (Å²) in [6.45, 7) is 0.682. The summed E-state index contributed by atoms with van der Waals surface area (Å²) < 4.78 is 6.59. The van der Waals surface area contributed by atoms with E-state index < -0.39 is 0 Å². The van der Waals surface area contributed by atoms with Crippen molar-refractivity contribution < 1.29 is 9.53 Å². The summed E-state index contributed by atoms with van der Waals surface area (Å²) in [6.07, 6.45) is 4.71. The quantitative estimate of drug-likeness (QED) is 0.645. The molecule has 0 bridgehead atoms. The van der Waals surface area contributed by atoms with Crippen molar-refractivity contribution in [1.29, 1.82) is 0 Å². The van der Waals surface area contributed by atoms with Gasteiger partial charge in [-0.15, -0.1) is 0 Å². The molecule has 3 aromatic rings. The van der Waals surface area contributed by atoms with Gasteiger partial charge in [-0.05, 0) is 35.9 Å². The fourth-order valence-electron chi connectivity index (χ4n) is 2.61. The summed E-state index contributed by atoms with van der Waals surface area (Å²) >= 11 is 0. The highest BCUT2D eigenvalue weighted by molar-refractivity contribution is 5.91. The number of ether oxygens (including phenoxy) is 1. The van der Waals surface area contributed by atoms with Gasteiger partial charge in [-0.2, -0.15) is 0 Å². The zero-order valence-electron chi connectivity index (χ0n) is 15.5. The van der Waals surface area contributed by atoms with Gasteiger partial charge >= 0.3 is 0 Å². The molecular weight excluding hydrogens is 354 g/mol. The maximum absolute atomic E-state index is 12.3. The predicted molar refractivity (Wildman–Crippen MR) is 109 cm³/mol.